The van der Waals surface area contributed by atoms with Gasteiger partial charge < -0.3 is 29.5 Å². The van der Waals surface area contributed by atoms with Crippen LogP contribution in [0.2, 0.25) is 0 Å². The minimum atomic E-state index is -0.702. The molecule has 2 aromatic rings. The number of anilines is 2. The molecule has 1 saturated heterocycles. The number of hydrogen-bond donors (Lipinski definition) is 2. The van der Waals surface area contributed by atoms with Crippen LogP contribution >= 0.6 is 0 Å². The molecule has 0 spiro atoms. The van der Waals surface area contributed by atoms with Crippen molar-refractivity contribution >= 4 is 17.7 Å². The van der Waals surface area contributed by atoms with E-state index in [1.807, 2.05) is 19.1 Å². The number of carbonyl (C=O) groups excluding carboxylic acids is 1. The Morgan fingerprint density at radius 1 is 1.27 bits per heavy atom. The minimum absolute atomic E-state index is 0.0483. The fraction of sp³-hybridized carbons (Fsp3) is 0.545. The Morgan fingerprint density at radius 2 is 2.03 bits per heavy atom. The van der Waals surface area contributed by atoms with Crippen molar-refractivity contribution in [1.29, 1.82) is 0 Å². The molecule has 1 fully saturated rings. The highest BCUT2D eigenvalue weighted by Crippen LogP contribution is 2.35. The summed E-state index contributed by atoms with van der Waals surface area (Å²) in [5.41, 5.74) is 2.35. The molecule has 11 nitrogen and oxygen atoms in total. The molecule has 0 atom stereocenters. The smallest absolute Gasteiger partial charge is 0.489 e. The van der Waals surface area contributed by atoms with Gasteiger partial charge in [0.1, 0.15) is 12.4 Å². The summed E-state index contributed by atoms with van der Waals surface area (Å²) in [6, 6.07) is 3.73. The molecule has 3 rings (SSSR count). The molecule has 2 N–H and O–H groups in total. The van der Waals surface area contributed by atoms with Gasteiger partial charge in [0.15, 0.2) is 5.82 Å². The number of hydrogen-bond acceptors (Lipinski definition) is 11. The third kappa shape index (κ3) is 6.90. The molecule has 180 valence electrons. The highest BCUT2D eigenvalue weighted by molar-refractivity contribution is 5.66. The molecule has 1 aliphatic rings. The molecule has 33 heavy (non-hydrogen) atoms. The number of piperidine rings is 1. The number of pyridine rings is 1. The van der Waals surface area contributed by atoms with E-state index in [1.165, 1.54) is 13.4 Å². The van der Waals surface area contributed by atoms with Gasteiger partial charge in [-0.1, -0.05) is 0 Å². The third-order valence-corrected chi connectivity index (χ3v) is 4.95. The molecular formula is C22H31N5O6. The number of aromatic nitrogens is 3. The quantitative estimate of drug-likeness (QED) is 0.535. The number of hydroxylamine groups is 2. The van der Waals surface area contributed by atoms with E-state index in [1.54, 1.807) is 18.9 Å². The lowest BCUT2D eigenvalue weighted by molar-refractivity contribution is -0.151. The summed E-state index contributed by atoms with van der Waals surface area (Å²) < 4.78 is 16.6. The van der Waals surface area contributed by atoms with E-state index in [4.69, 9.17) is 24.2 Å². The molecule has 11 heteroatoms. The van der Waals surface area contributed by atoms with Gasteiger partial charge in [0.25, 0.3) is 5.88 Å². The SMILES string of the molecule is COc1c(Nc2ccc(CCO)nc2C)ncnc1OC1CCN(OC(=O)OC(C)C)CC1. The highest BCUT2D eigenvalue weighted by atomic mass is 16.8. The summed E-state index contributed by atoms with van der Waals surface area (Å²) in [7, 11) is 1.53. The second-order valence-electron chi connectivity index (χ2n) is 7.85. The molecular weight excluding hydrogens is 430 g/mol. The van der Waals surface area contributed by atoms with Gasteiger partial charge in [-0.15, -0.1) is 5.06 Å². The molecule has 0 radical (unpaired) electrons. The van der Waals surface area contributed by atoms with Crippen LogP contribution in [0.25, 0.3) is 0 Å². The maximum atomic E-state index is 11.7. The van der Waals surface area contributed by atoms with Gasteiger partial charge in [0.2, 0.25) is 5.75 Å². The predicted octanol–water partition coefficient (Wildman–Crippen LogP) is 2.79. The fourth-order valence-electron chi connectivity index (χ4n) is 3.36. The lowest BCUT2D eigenvalue weighted by Crippen LogP contribution is -2.40. The lowest BCUT2D eigenvalue weighted by Gasteiger charge is -2.30. The van der Waals surface area contributed by atoms with Gasteiger partial charge in [-0.2, -0.15) is 4.98 Å². The van der Waals surface area contributed by atoms with Crippen molar-refractivity contribution in [1.82, 2.24) is 20.0 Å². The van der Waals surface area contributed by atoms with Crippen LogP contribution in [0, 0.1) is 6.92 Å². The van der Waals surface area contributed by atoms with Crippen molar-refractivity contribution in [2.24, 2.45) is 0 Å². The first-order valence-corrected chi connectivity index (χ1v) is 10.9. The maximum absolute atomic E-state index is 11.7. The summed E-state index contributed by atoms with van der Waals surface area (Å²) >= 11 is 0. The molecule has 1 aliphatic heterocycles. The first-order chi connectivity index (χ1) is 15.9. The van der Waals surface area contributed by atoms with E-state index in [2.05, 4.69) is 20.3 Å². The monoisotopic (exact) mass is 461 g/mol. The fourth-order valence-corrected chi connectivity index (χ4v) is 3.36. The number of nitrogens with one attached hydrogen (secondary N) is 1. The molecule has 0 bridgehead atoms. The molecule has 0 aliphatic carbocycles. The molecule has 0 saturated carbocycles. The van der Waals surface area contributed by atoms with E-state index in [0.717, 1.165) is 17.1 Å². The standard InChI is InChI=1S/C22H31N5O6/c1-14(2)31-22(29)33-27-10-7-17(8-11-27)32-21-19(30-4)20(23-13-24-21)26-18-6-5-16(9-12-28)25-15(18)3/h5-6,13-14,17,28H,7-12H2,1-4H3,(H,23,24,26). The largest absolute Gasteiger partial charge is 0.528 e. The summed E-state index contributed by atoms with van der Waals surface area (Å²) in [6.07, 6.45) is 2.13. The van der Waals surface area contributed by atoms with Gasteiger partial charge in [0, 0.05) is 44.7 Å². The minimum Gasteiger partial charge on any atom is -0.489 e. The van der Waals surface area contributed by atoms with Crippen LogP contribution in [0.5, 0.6) is 11.6 Å². The van der Waals surface area contributed by atoms with Crippen molar-refractivity contribution < 1.29 is 28.9 Å². The maximum Gasteiger partial charge on any atom is 0.528 e. The average Bonchev–Trinajstić information content (AvgIpc) is 2.77. The first kappa shape index (κ1) is 24.5. The van der Waals surface area contributed by atoms with Gasteiger partial charge in [0.05, 0.1) is 24.6 Å². The Kier molecular flexibility index (Phi) is 8.61. The van der Waals surface area contributed by atoms with Crippen molar-refractivity contribution in [3.8, 4) is 11.6 Å². The van der Waals surface area contributed by atoms with Crippen LogP contribution < -0.4 is 14.8 Å². The summed E-state index contributed by atoms with van der Waals surface area (Å²) in [4.78, 5) is 29.9. The number of aliphatic hydroxyl groups is 1. The average molecular weight is 462 g/mol. The van der Waals surface area contributed by atoms with E-state index >= 15 is 0 Å². The molecule has 0 aromatic carbocycles. The van der Waals surface area contributed by atoms with Crippen molar-refractivity contribution in [2.45, 2.75) is 52.2 Å². The second kappa shape index (κ2) is 11.6. The van der Waals surface area contributed by atoms with Crippen LogP contribution in [0.3, 0.4) is 0 Å². The Labute approximate surface area is 193 Å². The van der Waals surface area contributed by atoms with E-state index < -0.39 is 6.16 Å². The number of aliphatic hydroxyl groups excluding tert-OH is 1. The van der Waals surface area contributed by atoms with Crippen LogP contribution in [0.4, 0.5) is 16.3 Å². The van der Waals surface area contributed by atoms with E-state index in [-0.39, 0.29) is 18.8 Å². The highest BCUT2D eigenvalue weighted by Gasteiger charge is 2.26. The Balaban J connectivity index is 1.62. The summed E-state index contributed by atoms with van der Waals surface area (Å²) in [5, 5.41) is 13.9. The van der Waals surface area contributed by atoms with Crippen LogP contribution in [0.1, 0.15) is 38.1 Å². The summed E-state index contributed by atoms with van der Waals surface area (Å²) in [6.45, 7) is 6.49. The number of ether oxygens (including phenoxy) is 3. The van der Waals surface area contributed by atoms with Crippen molar-refractivity contribution in [3.05, 3.63) is 29.8 Å². The van der Waals surface area contributed by atoms with E-state index in [0.29, 0.717) is 49.8 Å². The number of carbonyl (C=O) groups is 1. The van der Waals surface area contributed by atoms with Gasteiger partial charge >= 0.3 is 6.16 Å². The zero-order valence-electron chi connectivity index (χ0n) is 19.4. The Bertz CT molecular complexity index is 933. The number of rotatable bonds is 9. The molecule has 3 heterocycles. The van der Waals surface area contributed by atoms with Crippen molar-refractivity contribution in [2.75, 3.05) is 32.1 Å². The van der Waals surface area contributed by atoms with Crippen LogP contribution in [-0.2, 0) is 16.0 Å². The zero-order valence-corrected chi connectivity index (χ0v) is 19.4. The lowest BCUT2D eigenvalue weighted by atomic mass is 10.1. The van der Waals surface area contributed by atoms with Crippen LogP contribution in [0.15, 0.2) is 18.5 Å². The molecule has 2 aromatic heterocycles. The Morgan fingerprint density at radius 3 is 2.67 bits per heavy atom. The first-order valence-electron chi connectivity index (χ1n) is 10.9. The number of nitrogens with zero attached hydrogens (tertiary/aromatic N) is 4. The topological polar surface area (TPSA) is 128 Å². The second-order valence-corrected chi connectivity index (χ2v) is 7.85. The van der Waals surface area contributed by atoms with Gasteiger partial charge in [-0.3, -0.25) is 4.98 Å². The molecule has 0 unspecified atom stereocenters. The van der Waals surface area contributed by atoms with Gasteiger partial charge in [-0.25, -0.2) is 9.78 Å². The zero-order chi connectivity index (χ0) is 23.8. The third-order valence-electron chi connectivity index (χ3n) is 4.95. The van der Waals surface area contributed by atoms with Gasteiger partial charge in [-0.05, 0) is 32.9 Å². The summed E-state index contributed by atoms with van der Waals surface area (Å²) in [5.74, 6) is 1.17. The molecule has 0 amide bonds. The van der Waals surface area contributed by atoms with E-state index in [9.17, 15) is 4.79 Å². The Hall–Kier alpha value is -3.18. The van der Waals surface area contributed by atoms with Crippen molar-refractivity contribution in [3.63, 3.8) is 0 Å². The normalized spacial score (nSPS) is 14.7. The predicted molar refractivity (Wildman–Crippen MR) is 120 cm³/mol. The van der Waals surface area contributed by atoms with Crippen LogP contribution in [-0.4, -0.2) is 70.3 Å². The number of methoxy groups -OCH3 is 1. The number of aryl methyl sites for hydroxylation is 1.